The summed E-state index contributed by atoms with van der Waals surface area (Å²) in [4.78, 5) is 25.0. The third-order valence-corrected chi connectivity index (χ3v) is 7.80. The summed E-state index contributed by atoms with van der Waals surface area (Å²) in [5.74, 6) is -0.154. The Kier molecular flexibility index (Phi) is 8.38. The summed E-state index contributed by atoms with van der Waals surface area (Å²) < 4.78 is 38.1. The van der Waals surface area contributed by atoms with Crippen LogP contribution in [0.1, 0.15) is 25.1 Å². The molecule has 0 amide bonds. The summed E-state index contributed by atoms with van der Waals surface area (Å²) in [6.45, 7) is 1.35. The molecule has 0 radical (unpaired) electrons. The first-order chi connectivity index (χ1) is 19.3. The molecule has 210 valence electrons. The Hall–Kier alpha value is -3.87. The van der Waals surface area contributed by atoms with Gasteiger partial charge in [0.25, 0.3) is 0 Å². The van der Waals surface area contributed by atoms with Crippen molar-refractivity contribution in [2.45, 2.75) is 44.4 Å². The van der Waals surface area contributed by atoms with Gasteiger partial charge in [-0.1, -0.05) is 48.5 Å². The number of nitrogen functional groups attached to an aromatic ring is 1. The minimum absolute atomic E-state index is 0.0606. The van der Waals surface area contributed by atoms with Crippen molar-refractivity contribution in [2.75, 3.05) is 12.3 Å². The first-order valence-corrected chi connectivity index (χ1v) is 14.1. The molecule has 5 unspecified atom stereocenters. The molecule has 1 aliphatic rings. The number of nitrogens with one attached hydrogen (secondary N) is 1. The number of aromatic nitrogens is 4. The van der Waals surface area contributed by atoms with Gasteiger partial charge in [-0.3, -0.25) is 13.9 Å². The van der Waals surface area contributed by atoms with Gasteiger partial charge in [0.05, 0.1) is 19.0 Å². The van der Waals surface area contributed by atoms with E-state index < -0.39 is 38.2 Å². The maximum absolute atomic E-state index is 13.8. The molecule has 1 saturated heterocycles. The molecule has 5 rings (SSSR count). The van der Waals surface area contributed by atoms with Crippen molar-refractivity contribution in [1.82, 2.24) is 24.6 Å². The molecular weight excluding hydrogens is 539 g/mol. The van der Waals surface area contributed by atoms with Crippen molar-refractivity contribution in [2.24, 2.45) is 0 Å². The van der Waals surface area contributed by atoms with Gasteiger partial charge in [-0.05, 0) is 24.6 Å². The number of carbonyl (C=O) groups excluding carboxylic acids is 1. The van der Waals surface area contributed by atoms with Crippen LogP contribution in [-0.2, 0) is 30.0 Å². The van der Waals surface area contributed by atoms with Crippen LogP contribution in [0.25, 0.3) is 11.2 Å². The van der Waals surface area contributed by atoms with Gasteiger partial charge < -0.3 is 24.8 Å². The van der Waals surface area contributed by atoms with Gasteiger partial charge in [0, 0.05) is 6.42 Å². The quantitative estimate of drug-likeness (QED) is 0.179. The number of rotatable bonds is 11. The molecule has 2 aromatic carbocycles. The molecule has 13 nitrogen and oxygen atoms in total. The van der Waals surface area contributed by atoms with Crippen molar-refractivity contribution >= 4 is 30.7 Å². The van der Waals surface area contributed by atoms with Gasteiger partial charge >= 0.3 is 13.7 Å². The number of ether oxygens (including phenoxy) is 2. The molecule has 2 aromatic heterocycles. The van der Waals surface area contributed by atoms with E-state index in [4.69, 9.17) is 24.3 Å². The highest BCUT2D eigenvalue weighted by molar-refractivity contribution is 7.52. The second kappa shape index (κ2) is 12.1. The summed E-state index contributed by atoms with van der Waals surface area (Å²) in [5, 5.41) is 13.4. The molecule has 0 saturated carbocycles. The lowest BCUT2D eigenvalue weighted by molar-refractivity contribution is -0.146. The van der Waals surface area contributed by atoms with Gasteiger partial charge in [0.2, 0.25) is 0 Å². The lowest BCUT2D eigenvalue weighted by atomic mass is 10.2. The van der Waals surface area contributed by atoms with Crippen LogP contribution in [0, 0.1) is 0 Å². The lowest BCUT2D eigenvalue weighted by Gasteiger charge is -2.24. The summed E-state index contributed by atoms with van der Waals surface area (Å²) in [7, 11) is -4.11. The van der Waals surface area contributed by atoms with Gasteiger partial charge in [0.15, 0.2) is 17.7 Å². The zero-order valence-corrected chi connectivity index (χ0v) is 22.5. The lowest BCUT2D eigenvalue weighted by Crippen LogP contribution is -2.35. The highest BCUT2D eigenvalue weighted by Crippen LogP contribution is 2.46. The molecule has 0 spiro atoms. The van der Waals surface area contributed by atoms with E-state index in [2.05, 4.69) is 20.0 Å². The van der Waals surface area contributed by atoms with E-state index in [1.165, 1.54) is 19.6 Å². The number of carbonyl (C=O) groups is 1. The molecule has 5 atom stereocenters. The number of hydrogen-bond acceptors (Lipinski definition) is 11. The maximum atomic E-state index is 13.8. The van der Waals surface area contributed by atoms with Crippen molar-refractivity contribution in [3.05, 3.63) is 78.9 Å². The van der Waals surface area contributed by atoms with Crippen LogP contribution in [-0.4, -0.2) is 55.5 Å². The standard InChI is InChI=1S/C26H29N6O7P/c1-17(26(34)36-13-18-8-4-2-5-9-18)31-40(35,39-19-10-6-3-7-11-19)37-14-20-12-21(33)25(38-20)32-16-30-22-23(27)28-15-29-24(22)32/h2-11,15-17,20-21,25,33H,12-14H2,1H3,(H,31,35)(H2,27,28,29). The predicted octanol–water partition coefficient (Wildman–Crippen LogP) is 2.98. The van der Waals surface area contributed by atoms with Crippen molar-refractivity contribution in [3.8, 4) is 5.75 Å². The minimum Gasteiger partial charge on any atom is -0.460 e. The number of aliphatic hydroxyl groups excluding tert-OH is 1. The van der Waals surface area contributed by atoms with Crippen molar-refractivity contribution in [1.29, 1.82) is 0 Å². The van der Waals surface area contributed by atoms with E-state index in [0.29, 0.717) is 11.2 Å². The topological polar surface area (TPSA) is 173 Å². The highest BCUT2D eigenvalue weighted by atomic mass is 31.2. The fourth-order valence-electron chi connectivity index (χ4n) is 4.18. The fourth-order valence-corrected chi connectivity index (χ4v) is 5.70. The maximum Gasteiger partial charge on any atom is 0.459 e. The second-order valence-electron chi connectivity index (χ2n) is 9.18. The third kappa shape index (κ3) is 6.46. The zero-order chi connectivity index (χ0) is 28.1. The van der Waals surface area contributed by atoms with E-state index in [-0.39, 0.29) is 31.2 Å². The summed E-state index contributed by atoms with van der Waals surface area (Å²) in [6.07, 6.45) is 0.503. The SMILES string of the molecule is CC(NP(=O)(OCC1CC(O)C(n2cnc3c(N)ncnc32)O1)Oc1ccccc1)C(=O)OCc1ccccc1. The molecule has 1 aliphatic heterocycles. The molecule has 14 heteroatoms. The summed E-state index contributed by atoms with van der Waals surface area (Å²) >= 11 is 0. The van der Waals surface area contributed by atoms with Crippen LogP contribution in [0.2, 0.25) is 0 Å². The number of nitrogens with zero attached hydrogens (tertiary/aromatic N) is 4. The monoisotopic (exact) mass is 568 g/mol. The Morgan fingerprint density at radius 2 is 1.90 bits per heavy atom. The molecule has 4 aromatic rings. The average molecular weight is 569 g/mol. The molecule has 40 heavy (non-hydrogen) atoms. The number of nitrogens with two attached hydrogens (primary N) is 1. The zero-order valence-electron chi connectivity index (χ0n) is 21.6. The molecule has 3 heterocycles. The first kappa shape index (κ1) is 27.7. The van der Waals surface area contributed by atoms with Crippen LogP contribution in [0.4, 0.5) is 5.82 Å². The van der Waals surface area contributed by atoms with Gasteiger partial charge in [-0.2, -0.15) is 5.09 Å². The van der Waals surface area contributed by atoms with Crippen molar-refractivity contribution < 1.29 is 33.0 Å². The van der Waals surface area contributed by atoms with E-state index in [1.54, 1.807) is 34.9 Å². The normalized spacial score (nSPS) is 21.1. The number of benzene rings is 2. The Labute approximate surface area is 229 Å². The van der Waals surface area contributed by atoms with Crippen molar-refractivity contribution in [3.63, 3.8) is 0 Å². The second-order valence-corrected chi connectivity index (χ2v) is 10.9. The Morgan fingerprint density at radius 3 is 2.65 bits per heavy atom. The fraction of sp³-hybridized carbons (Fsp3) is 0.308. The van der Waals surface area contributed by atoms with Crippen LogP contribution in [0.3, 0.4) is 0 Å². The summed E-state index contributed by atoms with van der Waals surface area (Å²) in [6, 6.07) is 16.6. The van der Waals surface area contributed by atoms with Gasteiger partial charge in [-0.25, -0.2) is 19.5 Å². The van der Waals surface area contributed by atoms with Crippen LogP contribution >= 0.6 is 7.75 Å². The molecule has 1 fully saturated rings. The number of esters is 1. The number of aliphatic hydroxyl groups is 1. The largest absolute Gasteiger partial charge is 0.460 e. The highest BCUT2D eigenvalue weighted by Gasteiger charge is 2.39. The Bertz CT molecular complexity index is 1490. The van der Waals surface area contributed by atoms with Crippen LogP contribution in [0.5, 0.6) is 5.75 Å². The Balaban J connectivity index is 1.25. The molecular formula is C26H29N6O7P. The molecule has 0 aliphatic carbocycles. The van der Waals surface area contributed by atoms with E-state index in [1.807, 2.05) is 30.3 Å². The van der Waals surface area contributed by atoms with Gasteiger partial charge in [-0.15, -0.1) is 0 Å². The smallest absolute Gasteiger partial charge is 0.459 e. The number of anilines is 1. The predicted molar refractivity (Wildman–Crippen MR) is 144 cm³/mol. The number of fused-ring (bicyclic) bond motifs is 1. The Morgan fingerprint density at radius 1 is 1.18 bits per heavy atom. The number of para-hydroxylation sites is 1. The van der Waals surface area contributed by atoms with E-state index in [0.717, 1.165) is 5.56 Å². The molecule has 4 N–H and O–H groups in total. The first-order valence-electron chi connectivity index (χ1n) is 12.6. The van der Waals surface area contributed by atoms with Crippen LogP contribution < -0.4 is 15.3 Å². The minimum atomic E-state index is -4.11. The number of hydrogen-bond donors (Lipinski definition) is 3. The number of imidazole rings is 1. The van der Waals surface area contributed by atoms with Crippen LogP contribution in [0.15, 0.2) is 73.3 Å². The third-order valence-electron chi connectivity index (χ3n) is 6.16. The average Bonchev–Trinajstić information content (AvgIpc) is 3.55. The van der Waals surface area contributed by atoms with E-state index >= 15 is 0 Å². The van der Waals surface area contributed by atoms with Gasteiger partial charge in [0.1, 0.15) is 36.3 Å². The molecule has 0 bridgehead atoms. The summed E-state index contributed by atoms with van der Waals surface area (Å²) in [5.41, 5.74) is 7.47. The van der Waals surface area contributed by atoms with E-state index in [9.17, 15) is 14.5 Å².